The lowest BCUT2D eigenvalue weighted by atomic mass is 10.0. The summed E-state index contributed by atoms with van der Waals surface area (Å²) < 4.78 is 17.3. The topological polar surface area (TPSA) is 51.9 Å². The van der Waals surface area contributed by atoms with Crippen LogP contribution in [0.15, 0.2) is 57.7 Å². The molecule has 5 heteroatoms. The van der Waals surface area contributed by atoms with Gasteiger partial charge in [-0.25, -0.2) is 4.79 Å². The van der Waals surface area contributed by atoms with Gasteiger partial charge >= 0.3 is 5.63 Å². The van der Waals surface area contributed by atoms with Crippen molar-refractivity contribution in [2.24, 2.45) is 0 Å². The molecule has 0 radical (unpaired) electrons. The second kappa shape index (κ2) is 8.70. The van der Waals surface area contributed by atoms with Gasteiger partial charge in [0.25, 0.3) is 0 Å². The summed E-state index contributed by atoms with van der Waals surface area (Å²) in [6, 6.07) is 15.5. The molecule has 0 unspecified atom stereocenters. The van der Waals surface area contributed by atoms with Gasteiger partial charge in [-0.3, -0.25) is 4.90 Å². The molecule has 1 aliphatic rings. The van der Waals surface area contributed by atoms with Gasteiger partial charge in [0.1, 0.15) is 11.7 Å². The summed E-state index contributed by atoms with van der Waals surface area (Å²) in [5.41, 5.74) is 2.49. The number of nitrogens with zero attached hydrogens (tertiary/aromatic N) is 1. The van der Waals surface area contributed by atoms with E-state index >= 15 is 0 Å². The third-order valence-corrected chi connectivity index (χ3v) is 5.36. The highest BCUT2D eigenvalue weighted by molar-refractivity contribution is 5.80. The number of likely N-dealkylation sites (tertiary alicyclic amines) is 1. The first kappa shape index (κ1) is 19.5. The van der Waals surface area contributed by atoms with Gasteiger partial charge in [-0.1, -0.05) is 24.3 Å². The Bertz CT molecular complexity index is 1030. The highest BCUT2D eigenvalue weighted by atomic mass is 16.5. The van der Waals surface area contributed by atoms with Crippen molar-refractivity contribution in [1.29, 1.82) is 0 Å². The van der Waals surface area contributed by atoms with E-state index in [1.54, 1.807) is 6.07 Å². The Morgan fingerprint density at radius 1 is 1.07 bits per heavy atom. The first-order valence-electron chi connectivity index (χ1n) is 10.3. The van der Waals surface area contributed by atoms with Crippen LogP contribution < -0.4 is 15.1 Å². The Balaban J connectivity index is 1.41. The van der Waals surface area contributed by atoms with Crippen LogP contribution in [0.25, 0.3) is 11.0 Å². The van der Waals surface area contributed by atoms with E-state index in [1.165, 1.54) is 0 Å². The third kappa shape index (κ3) is 4.62. The Labute approximate surface area is 170 Å². The summed E-state index contributed by atoms with van der Waals surface area (Å²) in [6.45, 7) is 7.19. The molecule has 0 atom stereocenters. The van der Waals surface area contributed by atoms with Gasteiger partial charge in [0.15, 0.2) is 11.5 Å². The molecule has 0 N–H and O–H groups in total. The zero-order valence-electron chi connectivity index (χ0n) is 17.0. The predicted molar refractivity (Wildman–Crippen MR) is 114 cm³/mol. The van der Waals surface area contributed by atoms with Gasteiger partial charge in [-0.05, 0) is 56.0 Å². The van der Waals surface area contributed by atoms with Crippen LogP contribution >= 0.6 is 0 Å². The fraction of sp³-hybridized carbons (Fsp3) is 0.375. The zero-order valence-corrected chi connectivity index (χ0v) is 17.0. The van der Waals surface area contributed by atoms with Crippen molar-refractivity contribution in [2.75, 3.05) is 19.7 Å². The quantitative estimate of drug-likeness (QED) is 0.576. The van der Waals surface area contributed by atoms with Crippen molar-refractivity contribution in [3.63, 3.8) is 0 Å². The van der Waals surface area contributed by atoms with Gasteiger partial charge in [0.2, 0.25) is 0 Å². The number of rotatable bonds is 6. The van der Waals surface area contributed by atoms with E-state index < -0.39 is 0 Å². The van der Waals surface area contributed by atoms with Crippen LogP contribution in [0.1, 0.15) is 30.9 Å². The van der Waals surface area contributed by atoms with Gasteiger partial charge in [0, 0.05) is 31.1 Å². The number of hydrogen-bond donors (Lipinski definition) is 0. The molecule has 2 heterocycles. The standard InChI is InChI=1S/C24H27NO4/c1-3-27-21-6-4-5-7-22(21)28-19-10-12-25(13-11-19)16-18-15-24(26)29-23-14-17(2)8-9-20(18)23/h4-9,14-15,19H,3,10-13,16H2,1-2H3. The summed E-state index contributed by atoms with van der Waals surface area (Å²) in [7, 11) is 0. The van der Waals surface area contributed by atoms with Crippen molar-refractivity contribution in [3.05, 3.63) is 70.1 Å². The molecule has 0 spiro atoms. The van der Waals surface area contributed by atoms with E-state index in [-0.39, 0.29) is 11.7 Å². The molecule has 4 rings (SSSR count). The molecule has 1 saturated heterocycles. The van der Waals surface area contributed by atoms with Gasteiger partial charge < -0.3 is 13.9 Å². The van der Waals surface area contributed by atoms with E-state index in [9.17, 15) is 4.79 Å². The van der Waals surface area contributed by atoms with Crippen molar-refractivity contribution >= 4 is 11.0 Å². The van der Waals surface area contributed by atoms with Crippen LogP contribution in [0.3, 0.4) is 0 Å². The molecule has 0 aliphatic carbocycles. The van der Waals surface area contributed by atoms with Crippen LogP contribution in [0.4, 0.5) is 0 Å². The van der Waals surface area contributed by atoms with Gasteiger partial charge in [-0.2, -0.15) is 0 Å². The van der Waals surface area contributed by atoms with Crippen LogP contribution in [0, 0.1) is 6.92 Å². The molecule has 1 fully saturated rings. The van der Waals surface area contributed by atoms with Crippen molar-refractivity contribution in [2.45, 2.75) is 39.3 Å². The largest absolute Gasteiger partial charge is 0.490 e. The molecule has 1 aliphatic heterocycles. The number of ether oxygens (including phenoxy) is 2. The monoisotopic (exact) mass is 393 g/mol. The summed E-state index contributed by atoms with van der Waals surface area (Å²) in [6.07, 6.45) is 2.06. The highest BCUT2D eigenvalue weighted by Gasteiger charge is 2.22. The third-order valence-electron chi connectivity index (χ3n) is 5.36. The highest BCUT2D eigenvalue weighted by Crippen LogP contribution is 2.30. The first-order chi connectivity index (χ1) is 14.1. The lowest BCUT2D eigenvalue weighted by Crippen LogP contribution is -2.38. The maximum atomic E-state index is 12.0. The lowest BCUT2D eigenvalue weighted by molar-refractivity contribution is 0.0938. The van der Waals surface area contributed by atoms with E-state index in [4.69, 9.17) is 13.9 Å². The minimum Gasteiger partial charge on any atom is -0.490 e. The van der Waals surface area contributed by atoms with E-state index in [2.05, 4.69) is 11.0 Å². The predicted octanol–water partition coefficient (Wildman–Crippen LogP) is 4.54. The molecule has 3 aromatic rings. The molecule has 29 heavy (non-hydrogen) atoms. The Morgan fingerprint density at radius 2 is 1.83 bits per heavy atom. The average molecular weight is 393 g/mol. The van der Waals surface area contributed by atoms with E-state index in [1.807, 2.05) is 50.2 Å². The smallest absolute Gasteiger partial charge is 0.336 e. The summed E-state index contributed by atoms with van der Waals surface area (Å²) in [4.78, 5) is 14.4. The van der Waals surface area contributed by atoms with Crippen molar-refractivity contribution < 1.29 is 13.9 Å². The fourth-order valence-corrected chi connectivity index (χ4v) is 3.90. The molecule has 0 bridgehead atoms. The average Bonchev–Trinajstić information content (AvgIpc) is 2.70. The summed E-state index contributed by atoms with van der Waals surface area (Å²) in [5.74, 6) is 1.62. The summed E-state index contributed by atoms with van der Waals surface area (Å²) >= 11 is 0. The minimum atomic E-state index is -0.288. The Morgan fingerprint density at radius 3 is 2.59 bits per heavy atom. The number of para-hydroxylation sites is 2. The first-order valence-corrected chi connectivity index (χ1v) is 10.3. The van der Waals surface area contributed by atoms with Crippen molar-refractivity contribution in [1.82, 2.24) is 4.90 Å². The maximum Gasteiger partial charge on any atom is 0.336 e. The van der Waals surface area contributed by atoms with E-state index in [0.29, 0.717) is 12.2 Å². The van der Waals surface area contributed by atoms with Crippen molar-refractivity contribution in [3.8, 4) is 11.5 Å². The molecule has 5 nitrogen and oxygen atoms in total. The van der Waals surface area contributed by atoms with Crippen LogP contribution in [-0.2, 0) is 6.54 Å². The fourth-order valence-electron chi connectivity index (χ4n) is 3.90. The molecular weight excluding hydrogens is 366 g/mol. The number of aryl methyl sites for hydroxylation is 1. The maximum absolute atomic E-state index is 12.0. The van der Waals surface area contributed by atoms with Crippen LogP contribution in [0.5, 0.6) is 11.5 Å². The van der Waals surface area contributed by atoms with Crippen LogP contribution in [-0.4, -0.2) is 30.7 Å². The Hall–Kier alpha value is -2.79. The molecule has 0 amide bonds. The van der Waals surface area contributed by atoms with E-state index in [0.717, 1.165) is 60.5 Å². The SMILES string of the molecule is CCOc1ccccc1OC1CCN(Cc2cc(=O)oc3cc(C)ccc23)CC1. The zero-order chi connectivity index (χ0) is 20.2. The number of piperidine rings is 1. The minimum absolute atomic E-state index is 0.174. The number of hydrogen-bond acceptors (Lipinski definition) is 5. The molecule has 0 saturated carbocycles. The second-order valence-electron chi connectivity index (χ2n) is 7.56. The second-order valence-corrected chi connectivity index (χ2v) is 7.56. The normalized spacial score (nSPS) is 15.5. The molecule has 1 aromatic heterocycles. The number of fused-ring (bicyclic) bond motifs is 1. The van der Waals surface area contributed by atoms with Crippen LogP contribution in [0.2, 0.25) is 0 Å². The number of benzene rings is 2. The lowest BCUT2D eigenvalue weighted by Gasteiger charge is -2.32. The molecule has 2 aromatic carbocycles. The Kier molecular flexibility index (Phi) is 5.86. The molecule has 152 valence electrons. The summed E-state index contributed by atoms with van der Waals surface area (Å²) in [5, 5.41) is 1.01. The van der Waals surface area contributed by atoms with Gasteiger partial charge in [0.05, 0.1) is 6.61 Å². The molecular formula is C24H27NO4. The van der Waals surface area contributed by atoms with Gasteiger partial charge in [-0.15, -0.1) is 0 Å².